The van der Waals surface area contributed by atoms with E-state index < -0.39 is 17.8 Å². The van der Waals surface area contributed by atoms with Gasteiger partial charge in [0, 0.05) is 79.6 Å². The number of fused-ring (bicyclic) bond motifs is 1. The first kappa shape index (κ1) is 38.3. The average molecular weight is 779 g/mol. The second kappa shape index (κ2) is 16.4. The molecule has 7 rings (SSSR count). The molecule has 2 saturated heterocycles. The third-order valence-corrected chi connectivity index (χ3v) is 10.7. The molecular weight excluding hydrogens is 737 g/mol. The molecule has 3 aliphatic rings. The Bertz CT molecular complexity index is 2080. The standard InChI is InChI=1S/C39H42ClF3N8O4/c1-54-37-21(17-44-19-23-7-12-32(52)47-23)6-10-31(50-37)28-14-15-46-35(34(28)40)27-5-3-4-26-25(27)9-11-30(26)49-36-29(39(41,42)43)16-22(38(51-36)55-2)18-45-20-24-8-13-33(53)48-24/h3-6,10,14-16,23-24,30,44-45H,7-9,11-13,17-20H2,1-2H3,(H,47,52)(H,48,53)(H,49,51)/t23-,24+,30+/m0/s1. The minimum absolute atomic E-state index is 0.0346. The maximum Gasteiger partial charge on any atom is 0.419 e. The lowest BCUT2D eigenvalue weighted by Gasteiger charge is -2.21. The molecule has 2 fully saturated rings. The van der Waals surface area contributed by atoms with Gasteiger partial charge in [0.15, 0.2) is 0 Å². The lowest BCUT2D eigenvalue weighted by molar-refractivity contribution is -0.137. The van der Waals surface area contributed by atoms with Crippen molar-refractivity contribution in [1.29, 1.82) is 0 Å². The predicted octanol–water partition coefficient (Wildman–Crippen LogP) is 5.73. The summed E-state index contributed by atoms with van der Waals surface area (Å²) in [6.07, 6.45) is 0.503. The molecule has 16 heteroatoms. The first-order valence-electron chi connectivity index (χ1n) is 18.2. The normalized spacial score (nSPS) is 19.3. The summed E-state index contributed by atoms with van der Waals surface area (Å²) in [4.78, 5) is 36.8. The summed E-state index contributed by atoms with van der Waals surface area (Å²) in [5.74, 6) is 0.232. The summed E-state index contributed by atoms with van der Waals surface area (Å²) in [6.45, 7) is 1.63. The highest BCUT2D eigenvalue weighted by molar-refractivity contribution is 6.35. The van der Waals surface area contributed by atoms with E-state index in [2.05, 4.69) is 36.6 Å². The molecule has 2 amide bonds. The third-order valence-electron chi connectivity index (χ3n) is 10.3. The zero-order chi connectivity index (χ0) is 38.7. The molecule has 12 nitrogen and oxygen atoms in total. The number of nitrogens with zero attached hydrogens (tertiary/aromatic N) is 3. The van der Waals surface area contributed by atoms with Gasteiger partial charge in [-0.1, -0.05) is 35.9 Å². The zero-order valence-corrected chi connectivity index (χ0v) is 31.2. The summed E-state index contributed by atoms with van der Waals surface area (Å²) >= 11 is 7.07. The van der Waals surface area contributed by atoms with Crippen molar-refractivity contribution in [1.82, 2.24) is 36.2 Å². The topological polar surface area (TPSA) is 151 Å². The van der Waals surface area contributed by atoms with Crippen LogP contribution in [0.3, 0.4) is 0 Å². The molecule has 55 heavy (non-hydrogen) atoms. The molecule has 5 N–H and O–H groups in total. The monoisotopic (exact) mass is 778 g/mol. The summed E-state index contributed by atoms with van der Waals surface area (Å²) < 4.78 is 54.6. The summed E-state index contributed by atoms with van der Waals surface area (Å²) in [6, 6.07) is 11.9. The molecule has 2 aliphatic heterocycles. The molecule has 290 valence electrons. The summed E-state index contributed by atoms with van der Waals surface area (Å²) in [5, 5.41) is 15.7. The highest BCUT2D eigenvalue weighted by Gasteiger charge is 2.37. The molecule has 1 aliphatic carbocycles. The van der Waals surface area contributed by atoms with Crippen LogP contribution in [0.2, 0.25) is 5.02 Å². The van der Waals surface area contributed by atoms with E-state index >= 15 is 0 Å². The smallest absolute Gasteiger partial charge is 0.419 e. The van der Waals surface area contributed by atoms with Crippen LogP contribution >= 0.6 is 11.6 Å². The van der Waals surface area contributed by atoms with Crippen LogP contribution in [-0.4, -0.2) is 66.2 Å². The molecule has 3 aromatic heterocycles. The number of rotatable bonds is 14. The van der Waals surface area contributed by atoms with Crippen LogP contribution in [0.5, 0.6) is 11.8 Å². The summed E-state index contributed by atoms with van der Waals surface area (Å²) in [7, 11) is 2.93. The van der Waals surface area contributed by atoms with Gasteiger partial charge in [-0.05, 0) is 55.0 Å². The van der Waals surface area contributed by atoms with E-state index in [0.717, 1.165) is 34.7 Å². The maximum atomic E-state index is 14.5. The Morgan fingerprint density at radius 2 is 1.51 bits per heavy atom. The van der Waals surface area contributed by atoms with Crippen LogP contribution in [0.15, 0.2) is 48.7 Å². The Hall–Kier alpha value is -4.99. The fourth-order valence-electron chi connectivity index (χ4n) is 7.54. The number of carbonyl (C=O) groups excluding carboxylic acids is 2. The van der Waals surface area contributed by atoms with Crippen molar-refractivity contribution < 1.29 is 32.2 Å². The zero-order valence-electron chi connectivity index (χ0n) is 30.4. The Kier molecular flexibility index (Phi) is 11.4. The number of amides is 2. The maximum absolute atomic E-state index is 14.5. The second-order valence-corrected chi connectivity index (χ2v) is 14.3. The Balaban J connectivity index is 1.10. The number of pyridine rings is 3. The van der Waals surface area contributed by atoms with Gasteiger partial charge in [0.2, 0.25) is 23.6 Å². The highest BCUT2D eigenvalue weighted by Crippen LogP contribution is 2.44. The number of ether oxygens (including phenoxy) is 2. The minimum Gasteiger partial charge on any atom is -0.481 e. The molecule has 0 unspecified atom stereocenters. The van der Waals surface area contributed by atoms with Crippen LogP contribution in [0.1, 0.15) is 66.0 Å². The van der Waals surface area contributed by atoms with E-state index in [1.54, 1.807) is 19.4 Å². The van der Waals surface area contributed by atoms with Crippen molar-refractivity contribution >= 4 is 29.2 Å². The van der Waals surface area contributed by atoms with E-state index in [1.165, 1.54) is 7.11 Å². The van der Waals surface area contributed by atoms with E-state index in [4.69, 9.17) is 26.1 Å². The van der Waals surface area contributed by atoms with E-state index in [1.807, 2.05) is 30.3 Å². The molecule has 0 spiro atoms. The van der Waals surface area contributed by atoms with Crippen LogP contribution in [0, 0.1) is 0 Å². The fourth-order valence-corrected chi connectivity index (χ4v) is 7.85. The molecular formula is C39H42ClF3N8O4. The van der Waals surface area contributed by atoms with Gasteiger partial charge < -0.3 is 36.1 Å². The quantitative estimate of drug-likeness (QED) is 0.107. The number of benzene rings is 1. The number of halogens is 4. The van der Waals surface area contributed by atoms with Crippen molar-refractivity contribution in [2.75, 3.05) is 32.6 Å². The molecule has 0 saturated carbocycles. The number of aromatic nitrogens is 3. The van der Waals surface area contributed by atoms with E-state index in [9.17, 15) is 22.8 Å². The van der Waals surface area contributed by atoms with Gasteiger partial charge in [-0.25, -0.2) is 4.98 Å². The van der Waals surface area contributed by atoms with Crippen LogP contribution in [0.25, 0.3) is 22.5 Å². The highest BCUT2D eigenvalue weighted by atomic mass is 35.5. The summed E-state index contributed by atoms with van der Waals surface area (Å²) in [5.41, 5.74) is 4.52. The second-order valence-electron chi connectivity index (χ2n) is 13.9. The van der Waals surface area contributed by atoms with Gasteiger partial charge in [0.05, 0.1) is 42.2 Å². The number of hydrogen-bond donors (Lipinski definition) is 5. The number of anilines is 1. The first-order chi connectivity index (χ1) is 26.5. The van der Waals surface area contributed by atoms with Crippen molar-refractivity contribution in [3.63, 3.8) is 0 Å². The Morgan fingerprint density at radius 1 is 0.836 bits per heavy atom. The van der Waals surface area contributed by atoms with Crippen molar-refractivity contribution in [3.05, 3.63) is 81.5 Å². The third kappa shape index (κ3) is 8.48. The van der Waals surface area contributed by atoms with Gasteiger partial charge >= 0.3 is 6.18 Å². The number of nitrogens with one attached hydrogen (secondary N) is 5. The average Bonchev–Trinajstić information content (AvgIpc) is 3.91. The number of alkyl halides is 3. The number of methoxy groups -OCH3 is 2. The molecule has 0 bridgehead atoms. The van der Waals surface area contributed by atoms with Gasteiger partial charge in [-0.3, -0.25) is 14.6 Å². The SMILES string of the molecule is COc1nc(-c2ccnc(-c3cccc4c3CC[C@H]4Nc3nc(OC)c(CNC[C@H]4CCC(=O)N4)cc3C(F)(F)F)c2Cl)ccc1CNC[C@@H]1CCC(=O)N1. The fraction of sp³-hybridized carbons (Fsp3) is 0.410. The van der Waals surface area contributed by atoms with Gasteiger partial charge in [0.1, 0.15) is 5.82 Å². The lowest BCUT2D eigenvalue weighted by Crippen LogP contribution is -2.35. The van der Waals surface area contributed by atoms with E-state index in [-0.39, 0.29) is 47.7 Å². The largest absolute Gasteiger partial charge is 0.481 e. The van der Waals surface area contributed by atoms with Crippen molar-refractivity contribution in [2.24, 2.45) is 0 Å². The molecule has 5 heterocycles. The molecule has 4 aromatic rings. The van der Waals surface area contributed by atoms with Crippen LogP contribution in [-0.2, 0) is 35.3 Å². The van der Waals surface area contributed by atoms with Crippen molar-refractivity contribution in [2.45, 2.75) is 75.9 Å². The molecule has 3 atom stereocenters. The predicted molar refractivity (Wildman–Crippen MR) is 201 cm³/mol. The number of carbonyl (C=O) groups is 2. The van der Waals surface area contributed by atoms with Gasteiger partial charge in [-0.2, -0.15) is 18.2 Å². The lowest BCUT2D eigenvalue weighted by atomic mass is 9.98. The van der Waals surface area contributed by atoms with Crippen LogP contribution in [0.4, 0.5) is 19.0 Å². The Labute approximate surface area is 321 Å². The molecule has 0 radical (unpaired) electrons. The van der Waals surface area contributed by atoms with E-state index in [0.29, 0.717) is 79.6 Å². The van der Waals surface area contributed by atoms with Gasteiger partial charge in [0.25, 0.3) is 0 Å². The molecule has 1 aromatic carbocycles. The van der Waals surface area contributed by atoms with Crippen LogP contribution < -0.4 is 36.1 Å². The first-order valence-corrected chi connectivity index (χ1v) is 18.6. The number of hydrogen-bond acceptors (Lipinski definition) is 10. The van der Waals surface area contributed by atoms with Gasteiger partial charge in [-0.15, -0.1) is 0 Å². The minimum atomic E-state index is -4.68. The van der Waals surface area contributed by atoms with Crippen molar-refractivity contribution in [3.8, 4) is 34.3 Å². The Morgan fingerprint density at radius 3 is 2.15 bits per heavy atom.